The second-order valence-corrected chi connectivity index (χ2v) is 5.49. The zero-order chi connectivity index (χ0) is 18.4. The molecule has 10 heteroatoms. The van der Waals surface area contributed by atoms with Crippen molar-refractivity contribution in [1.82, 2.24) is 35.3 Å². The first-order chi connectivity index (χ1) is 12.6. The van der Waals surface area contributed by atoms with Gasteiger partial charge < -0.3 is 15.0 Å². The molecule has 26 heavy (non-hydrogen) atoms. The fraction of sp³-hybridized carbons (Fsp3) is 0.250. The molecule has 1 amide bonds. The van der Waals surface area contributed by atoms with E-state index in [0.29, 0.717) is 17.5 Å². The molecular weight excluding hydrogens is 336 g/mol. The van der Waals surface area contributed by atoms with E-state index in [-0.39, 0.29) is 24.9 Å². The molecule has 0 radical (unpaired) electrons. The summed E-state index contributed by atoms with van der Waals surface area (Å²) in [6.45, 7) is 0.122. The van der Waals surface area contributed by atoms with Crippen molar-refractivity contribution < 1.29 is 9.53 Å². The third kappa shape index (κ3) is 4.50. The molecule has 0 aliphatic heterocycles. The summed E-state index contributed by atoms with van der Waals surface area (Å²) in [5.74, 6) is 1.12. The number of anilines is 1. The molecule has 0 bridgehead atoms. The van der Waals surface area contributed by atoms with Crippen LogP contribution < -0.4 is 15.0 Å². The Morgan fingerprint density at radius 3 is 2.81 bits per heavy atom. The summed E-state index contributed by atoms with van der Waals surface area (Å²) in [7, 11) is 3.70. The van der Waals surface area contributed by atoms with Crippen molar-refractivity contribution in [3.05, 3.63) is 48.5 Å². The summed E-state index contributed by atoms with van der Waals surface area (Å²) >= 11 is 0. The highest BCUT2D eigenvalue weighted by Crippen LogP contribution is 2.07. The number of aromatic nitrogens is 6. The van der Waals surface area contributed by atoms with Crippen LogP contribution >= 0.6 is 0 Å². The highest BCUT2D eigenvalue weighted by molar-refractivity contribution is 5.77. The highest BCUT2D eigenvalue weighted by Gasteiger charge is 2.07. The van der Waals surface area contributed by atoms with E-state index in [1.807, 2.05) is 14.1 Å². The average molecular weight is 354 g/mol. The predicted octanol–water partition coefficient (Wildman–Crippen LogP) is 0.213. The zero-order valence-electron chi connectivity index (χ0n) is 14.4. The number of hydrogen-bond acceptors (Lipinski definition) is 8. The maximum Gasteiger partial charge on any atom is 0.258 e. The monoisotopic (exact) mass is 354 g/mol. The third-order valence-corrected chi connectivity index (χ3v) is 3.28. The minimum Gasteiger partial charge on any atom is -0.466 e. The molecule has 134 valence electrons. The van der Waals surface area contributed by atoms with Gasteiger partial charge in [-0.15, -0.1) is 10.2 Å². The summed E-state index contributed by atoms with van der Waals surface area (Å²) < 4.78 is 6.91. The molecule has 0 fully saturated rings. The van der Waals surface area contributed by atoms with Crippen molar-refractivity contribution in [1.29, 1.82) is 0 Å². The zero-order valence-corrected chi connectivity index (χ0v) is 14.4. The van der Waals surface area contributed by atoms with Crippen molar-refractivity contribution in [2.75, 3.05) is 25.6 Å². The van der Waals surface area contributed by atoms with Gasteiger partial charge in [0.1, 0.15) is 0 Å². The molecule has 1 N–H and O–H groups in total. The molecule has 3 rings (SSSR count). The van der Waals surface area contributed by atoms with E-state index < -0.39 is 0 Å². The normalized spacial score (nSPS) is 10.4. The van der Waals surface area contributed by atoms with E-state index in [0.717, 1.165) is 0 Å². The van der Waals surface area contributed by atoms with E-state index >= 15 is 0 Å². The Morgan fingerprint density at radius 2 is 2.12 bits per heavy atom. The van der Waals surface area contributed by atoms with Crippen molar-refractivity contribution in [3.8, 4) is 11.7 Å². The van der Waals surface area contributed by atoms with Crippen LogP contribution in [0.1, 0.15) is 5.69 Å². The Morgan fingerprint density at radius 1 is 1.23 bits per heavy atom. The van der Waals surface area contributed by atoms with Gasteiger partial charge in [-0.05, 0) is 18.2 Å². The van der Waals surface area contributed by atoms with Crippen LogP contribution in [0.2, 0.25) is 0 Å². The van der Waals surface area contributed by atoms with Gasteiger partial charge in [0.25, 0.3) is 5.91 Å². The van der Waals surface area contributed by atoms with Gasteiger partial charge in [-0.2, -0.15) is 5.10 Å². The Bertz CT molecular complexity index is 849. The molecule has 0 saturated heterocycles. The Hall–Kier alpha value is -3.56. The van der Waals surface area contributed by atoms with Gasteiger partial charge in [0.15, 0.2) is 12.4 Å². The van der Waals surface area contributed by atoms with Gasteiger partial charge in [0, 0.05) is 38.8 Å². The quantitative estimate of drug-likeness (QED) is 0.641. The summed E-state index contributed by atoms with van der Waals surface area (Å²) in [4.78, 5) is 22.2. The van der Waals surface area contributed by atoms with Crippen LogP contribution in [-0.4, -0.2) is 56.6 Å². The number of nitrogens with zero attached hydrogens (tertiary/aromatic N) is 7. The van der Waals surface area contributed by atoms with Gasteiger partial charge in [0.05, 0.1) is 12.2 Å². The fourth-order valence-electron chi connectivity index (χ4n) is 1.99. The topological polar surface area (TPSA) is 111 Å². The van der Waals surface area contributed by atoms with E-state index in [4.69, 9.17) is 4.74 Å². The summed E-state index contributed by atoms with van der Waals surface area (Å²) in [6.07, 6.45) is 5.06. The molecular formula is C16H18N8O2. The minimum absolute atomic E-state index is 0.165. The van der Waals surface area contributed by atoms with Gasteiger partial charge >= 0.3 is 0 Å². The Balaban J connectivity index is 1.47. The Kier molecular flexibility index (Phi) is 5.32. The molecule has 0 aromatic carbocycles. The molecule has 3 aromatic rings. The van der Waals surface area contributed by atoms with E-state index in [2.05, 4.69) is 30.6 Å². The lowest BCUT2D eigenvalue weighted by atomic mass is 10.4. The van der Waals surface area contributed by atoms with Crippen LogP contribution in [-0.2, 0) is 11.3 Å². The molecule has 0 atom stereocenters. The molecule has 0 saturated carbocycles. The van der Waals surface area contributed by atoms with Crippen molar-refractivity contribution in [2.24, 2.45) is 0 Å². The van der Waals surface area contributed by atoms with Crippen LogP contribution in [0.3, 0.4) is 0 Å². The minimum atomic E-state index is -0.284. The van der Waals surface area contributed by atoms with Gasteiger partial charge in [-0.25, -0.2) is 14.6 Å². The van der Waals surface area contributed by atoms with Crippen molar-refractivity contribution in [2.45, 2.75) is 6.54 Å². The van der Waals surface area contributed by atoms with Gasteiger partial charge in [0.2, 0.25) is 11.8 Å². The lowest BCUT2D eigenvalue weighted by molar-refractivity contribution is -0.123. The standard InChI is InChI=1S/C16H18N8O2/c1-23(2)16-17-8-6-12(20-16)10-18-14(25)11-26-15-5-4-13(21-22-15)24-9-3-7-19-24/h3-9H,10-11H2,1-2H3,(H,18,25). The van der Waals surface area contributed by atoms with Crippen LogP contribution in [0, 0.1) is 0 Å². The molecule has 0 aliphatic rings. The van der Waals surface area contributed by atoms with Crippen LogP contribution in [0.5, 0.6) is 5.88 Å². The van der Waals surface area contributed by atoms with Crippen molar-refractivity contribution in [3.63, 3.8) is 0 Å². The molecule has 0 unspecified atom stereocenters. The van der Waals surface area contributed by atoms with Gasteiger partial charge in [-0.1, -0.05) is 0 Å². The first-order valence-corrected chi connectivity index (χ1v) is 7.84. The van der Waals surface area contributed by atoms with E-state index in [1.165, 1.54) is 0 Å². The first kappa shape index (κ1) is 17.3. The lowest BCUT2D eigenvalue weighted by Gasteiger charge is -2.11. The second kappa shape index (κ2) is 8.01. The van der Waals surface area contributed by atoms with E-state index in [1.54, 1.807) is 52.4 Å². The summed E-state index contributed by atoms with van der Waals surface area (Å²) in [5.41, 5.74) is 0.709. The molecule has 10 nitrogen and oxygen atoms in total. The Labute approximate surface area is 149 Å². The van der Waals surface area contributed by atoms with E-state index in [9.17, 15) is 4.79 Å². The second-order valence-electron chi connectivity index (χ2n) is 5.49. The maximum absolute atomic E-state index is 11.9. The number of nitrogens with one attached hydrogen (secondary N) is 1. The van der Waals surface area contributed by atoms with Crippen LogP contribution in [0.15, 0.2) is 42.9 Å². The van der Waals surface area contributed by atoms with Crippen LogP contribution in [0.4, 0.5) is 5.95 Å². The maximum atomic E-state index is 11.9. The lowest BCUT2D eigenvalue weighted by Crippen LogP contribution is -2.29. The number of ether oxygens (including phenoxy) is 1. The first-order valence-electron chi connectivity index (χ1n) is 7.84. The van der Waals surface area contributed by atoms with Crippen molar-refractivity contribution >= 4 is 11.9 Å². The number of carbonyl (C=O) groups is 1. The number of hydrogen-bond donors (Lipinski definition) is 1. The predicted molar refractivity (Wildman–Crippen MR) is 92.9 cm³/mol. The fourth-order valence-corrected chi connectivity index (χ4v) is 1.99. The number of carbonyl (C=O) groups excluding carboxylic acids is 1. The highest BCUT2D eigenvalue weighted by atomic mass is 16.5. The third-order valence-electron chi connectivity index (χ3n) is 3.28. The number of rotatable bonds is 7. The molecule has 3 aromatic heterocycles. The SMILES string of the molecule is CN(C)c1nccc(CNC(=O)COc2ccc(-n3cccn3)nn2)n1. The molecule has 3 heterocycles. The molecule has 0 aliphatic carbocycles. The van der Waals surface area contributed by atoms with Gasteiger partial charge in [-0.3, -0.25) is 4.79 Å². The van der Waals surface area contributed by atoms with Crippen LogP contribution in [0.25, 0.3) is 5.82 Å². The average Bonchev–Trinajstić information content (AvgIpc) is 3.20. The summed E-state index contributed by atoms with van der Waals surface area (Å²) in [5, 5.41) is 14.7. The largest absolute Gasteiger partial charge is 0.466 e. The summed E-state index contributed by atoms with van der Waals surface area (Å²) in [6, 6.07) is 6.87. The smallest absolute Gasteiger partial charge is 0.258 e. The molecule has 0 spiro atoms. The number of amides is 1.